The number of non-ortho nitro benzene ring substituents is 1. The molecule has 0 amide bonds. The summed E-state index contributed by atoms with van der Waals surface area (Å²) in [6, 6.07) is 13.3. The number of nitro groups is 1. The molecule has 2 heterocycles. The van der Waals surface area contributed by atoms with Crippen LogP contribution in [0.15, 0.2) is 58.1 Å². The molecule has 0 bridgehead atoms. The Morgan fingerprint density at radius 3 is 2.63 bits per heavy atom. The standard InChI is InChI=1S/C18H15N7O4S/c1-11(16-19-20-17(29-16)12-7-9-13(10-8-12)25(26)27)30-18-21-22-23-24(18)14-5-3-4-6-15(14)28-2/h3-11H,1-2H3. The lowest BCUT2D eigenvalue weighted by Gasteiger charge is -2.10. The van der Waals surface area contributed by atoms with E-state index in [2.05, 4.69) is 25.7 Å². The molecule has 0 aliphatic heterocycles. The van der Waals surface area contributed by atoms with E-state index in [9.17, 15) is 10.1 Å². The summed E-state index contributed by atoms with van der Waals surface area (Å²) < 4.78 is 12.7. The molecule has 30 heavy (non-hydrogen) atoms. The maximum Gasteiger partial charge on any atom is 0.269 e. The van der Waals surface area contributed by atoms with Crippen LogP contribution < -0.4 is 4.74 Å². The van der Waals surface area contributed by atoms with Crippen LogP contribution in [0.25, 0.3) is 17.1 Å². The Morgan fingerprint density at radius 2 is 1.90 bits per heavy atom. The van der Waals surface area contributed by atoms with Crippen LogP contribution in [-0.2, 0) is 0 Å². The highest BCUT2D eigenvalue weighted by Crippen LogP contribution is 2.35. The number of para-hydroxylation sites is 2. The Bertz CT molecular complexity index is 1180. The van der Waals surface area contributed by atoms with Gasteiger partial charge in [-0.1, -0.05) is 23.9 Å². The highest BCUT2D eigenvalue weighted by Gasteiger charge is 2.21. The second kappa shape index (κ2) is 8.29. The van der Waals surface area contributed by atoms with Crippen molar-refractivity contribution in [3.05, 3.63) is 64.5 Å². The third-order valence-electron chi connectivity index (χ3n) is 4.15. The molecule has 1 unspecified atom stereocenters. The van der Waals surface area contributed by atoms with Crippen LogP contribution in [0.2, 0.25) is 0 Å². The summed E-state index contributed by atoms with van der Waals surface area (Å²) in [5.74, 6) is 1.29. The third kappa shape index (κ3) is 3.85. The molecule has 0 aliphatic rings. The number of thioether (sulfide) groups is 1. The highest BCUT2D eigenvalue weighted by molar-refractivity contribution is 7.99. The summed E-state index contributed by atoms with van der Waals surface area (Å²) >= 11 is 1.34. The maximum absolute atomic E-state index is 10.8. The average molecular weight is 425 g/mol. The average Bonchev–Trinajstić information content (AvgIpc) is 3.43. The predicted molar refractivity (Wildman–Crippen MR) is 106 cm³/mol. The van der Waals surface area contributed by atoms with Gasteiger partial charge in [-0.05, 0) is 41.6 Å². The largest absolute Gasteiger partial charge is 0.494 e. The van der Waals surface area contributed by atoms with Crippen LogP contribution >= 0.6 is 11.8 Å². The summed E-state index contributed by atoms with van der Waals surface area (Å²) in [5.41, 5.74) is 1.29. The molecule has 4 aromatic rings. The zero-order valence-electron chi connectivity index (χ0n) is 15.9. The van der Waals surface area contributed by atoms with Crippen LogP contribution in [0.5, 0.6) is 5.75 Å². The van der Waals surface area contributed by atoms with Gasteiger partial charge in [-0.3, -0.25) is 10.1 Å². The van der Waals surface area contributed by atoms with E-state index >= 15 is 0 Å². The third-order valence-corrected chi connectivity index (χ3v) is 5.17. The number of benzene rings is 2. The van der Waals surface area contributed by atoms with E-state index in [1.54, 1.807) is 23.9 Å². The topological polar surface area (TPSA) is 135 Å². The number of ether oxygens (including phenoxy) is 1. The summed E-state index contributed by atoms with van der Waals surface area (Å²) in [7, 11) is 1.58. The minimum Gasteiger partial charge on any atom is -0.494 e. The van der Waals surface area contributed by atoms with E-state index < -0.39 is 4.92 Å². The van der Waals surface area contributed by atoms with Crippen molar-refractivity contribution in [3.63, 3.8) is 0 Å². The molecule has 1 atom stereocenters. The van der Waals surface area contributed by atoms with Gasteiger partial charge in [0.2, 0.25) is 16.9 Å². The molecule has 0 aliphatic carbocycles. The van der Waals surface area contributed by atoms with Crippen LogP contribution in [0.1, 0.15) is 18.1 Å². The van der Waals surface area contributed by atoms with Crippen molar-refractivity contribution in [2.75, 3.05) is 7.11 Å². The second-order valence-corrected chi connectivity index (χ2v) is 7.36. The lowest BCUT2D eigenvalue weighted by atomic mass is 10.2. The van der Waals surface area contributed by atoms with E-state index in [0.717, 1.165) is 0 Å². The fourth-order valence-electron chi connectivity index (χ4n) is 2.66. The van der Waals surface area contributed by atoms with Gasteiger partial charge in [-0.25, -0.2) is 0 Å². The molecule has 152 valence electrons. The Morgan fingerprint density at radius 1 is 1.13 bits per heavy atom. The minimum atomic E-state index is -0.465. The fraction of sp³-hybridized carbons (Fsp3) is 0.167. The minimum absolute atomic E-state index is 0.00871. The van der Waals surface area contributed by atoms with Gasteiger partial charge >= 0.3 is 0 Å². The van der Waals surface area contributed by atoms with Crippen molar-refractivity contribution in [1.82, 2.24) is 30.4 Å². The first-order valence-corrected chi connectivity index (χ1v) is 9.61. The molecule has 2 aromatic carbocycles. The van der Waals surface area contributed by atoms with Crippen LogP contribution in [0.3, 0.4) is 0 Å². The van der Waals surface area contributed by atoms with Crippen molar-refractivity contribution in [1.29, 1.82) is 0 Å². The molecule has 0 spiro atoms. The number of tetrazole rings is 1. The van der Waals surface area contributed by atoms with Crippen LogP contribution in [0.4, 0.5) is 5.69 Å². The molecule has 0 saturated heterocycles. The fourth-order valence-corrected chi connectivity index (χ4v) is 3.49. The van der Waals surface area contributed by atoms with Gasteiger partial charge in [0.25, 0.3) is 5.69 Å². The number of hydrogen-bond acceptors (Lipinski definition) is 10. The van der Waals surface area contributed by atoms with Crippen LogP contribution in [-0.4, -0.2) is 42.4 Å². The second-order valence-electron chi connectivity index (χ2n) is 6.05. The molecule has 2 aromatic heterocycles. The number of nitrogens with zero attached hydrogens (tertiary/aromatic N) is 7. The molecule has 11 nitrogen and oxygen atoms in total. The van der Waals surface area contributed by atoms with Crippen LogP contribution in [0, 0.1) is 10.1 Å². The summed E-state index contributed by atoms with van der Waals surface area (Å²) in [6.45, 7) is 1.89. The number of methoxy groups -OCH3 is 1. The molecule has 12 heteroatoms. The van der Waals surface area contributed by atoms with E-state index in [1.165, 1.54) is 23.9 Å². The molecular formula is C18H15N7O4S. The number of nitro benzene ring substituents is 1. The molecular weight excluding hydrogens is 410 g/mol. The molecule has 0 saturated carbocycles. The maximum atomic E-state index is 10.8. The number of aromatic nitrogens is 6. The summed E-state index contributed by atoms with van der Waals surface area (Å²) in [4.78, 5) is 10.3. The van der Waals surface area contributed by atoms with E-state index in [1.807, 2.05) is 31.2 Å². The highest BCUT2D eigenvalue weighted by atomic mass is 32.2. The molecule has 4 rings (SSSR count). The predicted octanol–water partition coefficient (Wildman–Crippen LogP) is 3.48. The van der Waals surface area contributed by atoms with Crippen molar-refractivity contribution in [2.45, 2.75) is 17.3 Å². The van der Waals surface area contributed by atoms with Gasteiger partial charge in [0, 0.05) is 17.7 Å². The quantitative estimate of drug-likeness (QED) is 0.246. The van der Waals surface area contributed by atoms with Gasteiger partial charge in [-0.2, -0.15) is 4.68 Å². The van der Waals surface area contributed by atoms with E-state index in [4.69, 9.17) is 9.15 Å². The molecule has 0 fully saturated rings. The lowest BCUT2D eigenvalue weighted by molar-refractivity contribution is -0.384. The normalized spacial score (nSPS) is 11.9. The molecule has 0 N–H and O–H groups in total. The zero-order chi connectivity index (χ0) is 21.1. The Balaban J connectivity index is 1.54. The monoisotopic (exact) mass is 425 g/mol. The van der Waals surface area contributed by atoms with E-state index in [0.29, 0.717) is 28.0 Å². The zero-order valence-corrected chi connectivity index (χ0v) is 16.7. The first-order chi connectivity index (χ1) is 14.6. The Hall–Kier alpha value is -3.80. The smallest absolute Gasteiger partial charge is 0.269 e. The van der Waals surface area contributed by atoms with Crippen molar-refractivity contribution >= 4 is 17.4 Å². The first-order valence-electron chi connectivity index (χ1n) is 8.73. The summed E-state index contributed by atoms with van der Waals surface area (Å²) in [6.07, 6.45) is 0. The van der Waals surface area contributed by atoms with Gasteiger partial charge in [0.1, 0.15) is 11.4 Å². The molecule has 0 radical (unpaired) electrons. The van der Waals surface area contributed by atoms with Crippen molar-refractivity contribution < 1.29 is 14.1 Å². The number of hydrogen-bond donors (Lipinski definition) is 0. The summed E-state index contributed by atoms with van der Waals surface area (Å²) in [5, 5.41) is 31.1. The van der Waals surface area contributed by atoms with Gasteiger partial charge in [0.05, 0.1) is 17.3 Å². The van der Waals surface area contributed by atoms with Gasteiger partial charge < -0.3 is 9.15 Å². The van der Waals surface area contributed by atoms with Crippen molar-refractivity contribution in [3.8, 4) is 22.9 Å². The van der Waals surface area contributed by atoms with Gasteiger partial charge in [-0.15, -0.1) is 15.3 Å². The Labute approximate surface area is 174 Å². The SMILES string of the molecule is COc1ccccc1-n1nnnc1SC(C)c1nnc(-c2ccc([N+](=O)[O-])cc2)o1. The van der Waals surface area contributed by atoms with Gasteiger partial charge in [0.15, 0.2) is 0 Å². The number of rotatable bonds is 7. The van der Waals surface area contributed by atoms with E-state index in [-0.39, 0.29) is 16.8 Å². The Kier molecular flexibility index (Phi) is 5.39. The first kappa shape index (κ1) is 19.5. The van der Waals surface area contributed by atoms with Crippen molar-refractivity contribution in [2.24, 2.45) is 0 Å². The lowest BCUT2D eigenvalue weighted by Crippen LogP contribution is -2.02.